The van der Waals surface area contributed by atoms with Gasteiger partial charge in [0.05, 0.1) is 23.6 Å². The van der Waals surface area contributed by atoms with E-state index in [0.29, 0.717) is 4.88 Å². The largest absolute Gasteiger partial charge is 0.394 e. The maximum absolute atomic E-state index is 11.7. The van der Waals surface area contributed by atoms with E-state index in [0.717, 1.165) is 4.88 Å². The molecular weight excluding hydrogens is 252 g/mol. The number of aliphatic hydroxyl groups excluding tert-OH is 1. The fourth-order valence-corrected chi connectivity index (χ4v) is 2.05. The molecule has 0 spiro atoms. The molecule has 5 nitrogen and oxygen atoms in total. The molecule has 0 aliphatic carbocycles. The molecule has 18 heavy (non-hydrogen) atoms. The van der Waals surface area contributed by atoms with Gasteiger partial charge in [-0.15, -0.1) is 11.3 Å². The van der Waals surface area contributed by atoms with Gasteiger partial charge in [-0.3, -0.25) is 9.59 Å². The first-order valence-electron chi connectivity index (χ1n) is 5.60. The van der Waals surface area contributed by atoms with Gasteiger partial charge in [-0.2, -0.15) is 0 Å². The van der Waals surface area contributed by atoms with Gasteiger partial charge in [0, 0.05) is 4.88 Å². The van der Waals surface area contributed by atoms with Crippen LogP contribution in [0.3, 0.4) is 0 Å². The smallest absolute Gasteiger partial charge is 0.261 e. The van der Waals surface area contributed by atoms with Crippen LogP contribution in [0.1, 0.15) is 28.4 Å². The van der Waals surface area contributed by atoms with Crippen molar-refractivity contribution in [2.75, 3.05) is 13.2 Å². The van der Waals surface area contributed by atoms with Crippen LogP contribution < -0.4 is 10.6 Å². The highest BCUT2D eigenvalue weighted by molar-refractivity contribution is 7.13. The summed E-state index contributed by atoms with van der Waals surface area (Å²) in [7, 11) is 0. The Hall–Kier alpha value is -1.40. The Kier molecular flexibility index (Phi) is 4.86. The predicted molar refractivity (Wildman–Crippen MR) is 70.7 cm³/mol. The van der Waals surface area contributed by atoms with Gasteiger partial charge in [-0.1, -0.05) is 0 Å². The molecule has 0 unspecified atom stereocenters. The molecular formula is C12H18N2O3S. The maximum atomic E-state index is 11.7. The number of nitrogens with one attached hydrogen (secondary N) is 2. The van der Waals surface area contributed by atoms with Crippen molar-refractivity contribution >= 4 is 23.2 Å². The van der Waals surface area contributed by atoms with Crippen LogP contribution in [0, 0.1) is 6.92 Å². The van der Waals surface area contributed by atoms with E-state index < -0.39 is 5.54 Å². The van der Waals surface area contributed by atoms with Crippen molar-refractivity contribution in [1.82, 2.24) is 10.6 Å². The van der Waals surface area contributed by atoms with Crippen LogP contribution in [0.2, 0.25) is 0 Å². The highest BCUT2D eigenvalue weighted by Crippen LogP contribution is 2.14. The molecule has 1 rings (SSSR count). The van der Waals surface area contributed by atoms with Crippen molar-refractivity contribution in [2.45, 2.75) is 26.3 Å². The van der Waals surface area contributed by atoms with Crippen LogP contribution in [0.5, 0.6) is 0 Å². The van der Waals surface area contributed by atoms with E-state index in [1.54, 1.807) is 19.9 Å². The zero-order valence-electron chi connectivity index (χ0n) is 10.7. The number of carbonyl (C=O) groups excluding carboxylic acids is 2. The SMILES string of the molecule is Cc1ccc(C(=O)NCC(=O)NC(C)(C)CO)s1. The van der Waals surface area contributed by atoms with Crippen LogP contribution in [0.25, 0.3) is 0 Å². The molecule has 0 saturated heterocycles. The van der Waals surface area contributed by atoms with Gasteiger partial charge in [-0.05, 0) is 32.9 Å². The zero-order chi connectivity index (χ0) is 13.8. The van der Waals surface area contributed by atoms with E-state index in [9.17, 15) is 9.59 Å². The van der Waals surface area contributed by atoms with Crippen molar-refractivity contribution in [3.8, 4) is 0 Å². The Labute approximate surface area is 110 Å². The van der Waals surface area contributed by atoms with Crippen LogP contribution in [0.4, 0.5) is 0 Å². The first-order valence-corrected chi connectivity index (χ1v) is 6.42. The molecule has 1 heterocycles. The average Bonchev–Trinajstić information content (AvgIpc) is 2.72. The van der Waals surface area contributed by atoms with Crippen molar-refractivity contribution < 1.29 is 14.7 Å². The van der Waals surface area contributed by atoms with Gasteiger partial charge in [0.15, 0.2) is 0 Å². The Morgan fingerprint density at radius 1 is 1.39 bits per heavy atom. The highest BCUT2D eigenvalue weighted by atomic mass is 32.1. The van der Waals surface area contributed by atoms with Gasteiger partial charge in [0.2, 0.25) is 5.91 Å². The minimum absolute atomic E-state index is 0.0980. The number of aliphatic hydroxyl groups is 1. The van der Waals surface area contributed by atoms with Gasteiger partial charge < -0.3 is 15.7 Å². The Morgan fingerprint density at radius 2 is 2.06 bits per heavy atom. The molecule has 0 fully saturated rings. The quantitative estimate of drug-likeness (QED) is 0.736. The van der Waals surface area contributed by atoms with Crippen molar-refractivity contribution in [3.05, 3.63) is 21.9 Å². The summed E-state index contributed by atoms with van der Waals surface area (Å²) in [5.41, 5.74) is -0.679. The van der Waals surface area contributed by atoms with Gasteiger partial charge in [-0.25, -0.2) is 0 Å². The molecule has 0 atom stereocenters. The summed E-state index contributed by atoms with van der Waals surface area (Å²) < 4.78 is 0. The lowest BCUT2D eigenvalue weighted by Crippen LogP contribution is -2.49. The lowest BCUT2D eigenvalue weighted by molar-refractivity contribution is -0.122. The molecule has 0 aliphatic rings. The Balaban J connectivity index is 2.42. The topological polar surface area (TPSA) is 78.4 Å². The van der Waals surface area contributed by atoms with E-state index in [2.05, 4.69) is 10.6 Å². The molecule has 0 aliphatic heterocycles. The molecule has 6 heteroatoms. The highest BCUT2D eigenvalue weighted by Gasteiger charge is 2.19. The molecule has 0 saturated carbocycles. The summed E-state index contributed by atoms with van der Waals surface area (Å²) in [4.78, 5) is 24.8. The molecule has 1 aromatic rings. The zero-order valence-corrected chi connectivity index (χ0v) is 11.6. The van der Waals surface area contributed by atoms with E-state index in [4.69, 9.17) is 5.11 Å². The fraction of sp³-hybridized carbons (Fsp3) is 0.500. The summed E-state index contributed by atoms with van der Waals surface area (Å²) in [6.07, 6.45) is 0. The Bertz CT molecular complexity index is 440. The number of carbonyl (C=O) groups is 2. The minimum Gasteiger partial charge on any atom is -0.394 e. The van der Waals surface area contributed by atoms with Gasteiger partial charge in [0.1, 0.15) is 0 Å². The number of hydrogen-bond donors (Lipinski definition) is 3. The molecule has 2 amide bonds. The minimum atomic E-state index is -0.679. The lowest BCUT2D eigenvalue weighted by atomic mass is 10.1. The van der Waals surface area contributed by atoms with Crippen molar-refractivity contribution in [3.63, 3.8) is 0 Å². The third kappa shape index (κ3) is 4.46. The number of thiophene rings is 1. The summed E-state index contributed by atoms with van der Waals surface area (Å²) in [5.74, 6) is -0.583. The van der Waals surface area contributed by atoms with Crippen LogP contribution >= 0.6 is 11.3 Å². The second-order valence-corrected chi connectivity index (χ2v) is 5.97. The van der Waals surface area contributed by atoms with E-state index in [1.807, 2.05) is 13.0 Å². The molecule has 1 aromatic heterocycles. The first kappa shape index (κ1) is 14.7. The third-order valence-corrected chi connectivity index (χ3v) is 3.25. The van der Waals surface area contributed by atoms with Crippen LogP contribution in [-0.2, 0) is 4.79 Å². The van der Waals surface area contributed by atoms with Gasteiger partial charge in [0.25, 0.3) is 5.91 Å². The fourth-order valence-electron chi connectivity index (χ4n) is 1.27. The number of amides is 2. The van der Waals surface area contributed by atoms with E-state index in [1.165, 1.54) is 11.3 Å². The summed E-state index contributed by atoms with van der Waals surface area (Å²) in [5, 5.41) is 14.2. The second-order valence-electron chi connectivity index (χ2n) is 4.68. The maximum Gasteiger partial charge on any atom is 0.261 e. The third-order valence-electron chi connectivity index (χ3n) is 2.25. The number of hydrogen-bond acceptors (Lipinski definition) is 4. The Morgan fingerprint density at radius 3 is 2.56 bits per heavy atom. The summed E-state index contributed by atoms with van der Waals surface area (Å²) >= 11 is 1.38. The first-order chi connectivity index (χ1) is 8.34. The van der Waals surface area contributed by atoms with E-state index >= 15 is 0 Å². The lowest BCUT2D eigenvalue weighted by Gasteiger charge is -2.23. The van der Waals surface area contributed by atoms with E-state index in [-0.39, 0.29) is 25.0 Å². The standard InChI is InChI=1S/C12H18N2O3S/c1-8-4-5-9(18-8)11(17)13-6-10(16)14-12(2,3)7-15/h4-5,15H,6-7H2,1-3H3,(H,13,17)(H,14,16). The number of rotatable bonds is 5. The number of aryl methyl sites for hydroxylation is 1. The second kappa shape index (κ2) is 5.97. The summed E-state index contributed by atoms with van der Waals surface area (Å²) in [6, 6.07) is 3.58. The monoisotopic (exact) mass is 270 g/mol. The molecule has 3 N–H and O–H groups in total. The average molecular weight is 270 g/mol. The molecule has 0 radical (unpaired) electrons. The van der Waals surface area contributed by atoms with Crippen LogP contribution in [0.15, 0.2) is 12.1 Å². The van der Waals surface area contributed by atoms with Crippen LogP contribution in [-0.4, -0.2) is 35.6 Å². The predicted octanol–water partition coefficient (Wildman–Crippen LogP) is 0.673. The van der Waals surface area contributed by atoms with Gasteiger partial charge >= 0.3 is 0 Å². The molecule has 0 aromatic carbocycles. The van der Waals surface area contributed by atoms with Crippen molar-refractivity contribution in [1.29, 1.82) is 0 Å². The summed E-state index contributed by atoms with van der Waals surface area (Å²) in [6.45, 7) is 5.07. The molecule has 100 valence electrons. The molecule has 0 bridgehead atoms. The normalized spacial score (nSPS) is 11.1. The van der Waals surface area contributed by atoms with Crippen molar-refractivity contribution in [2.24, 2.45) is 0 Å².